The molecular formula is C13H15F3N2O3. The quantitative estimate of drug-likeness (QED) is 0.731. The van der Waals surface area contributed by atoms with Crippen molar-refractivity contribution in [1.82, 2.24) is 10.6 Å². The fourth-order valence-corrected chi connectivity index (χ4v) is 1.77. The number of fused-ring (bicyclic) bond motifs is 1. The van der Waals surface area contributed by atoms with Gasteiger partial charge in [-0.3, -0.25) is 4.79 Å². The molecule has 5 nitrogen and oxygen atoms in total. The number of alkyl halides is 3. The highest BCUT2D eigenvalue weighted by Crippen LogP contribution is 2.15. The van der Waals surface area contributed by atoms with Gasteiger partial charge in [0.2, 0.25) is 0 Å². The van der Waals surface area contributed by atoms with E-state index in [0.717, 1.165) is 25.1 Å². The third-order valence-electron chi connectivity index (χ3n) is 2.82. The van der Waals surface area contributed by atoms with Crippen LogP contribution in [0.15, 0.2) is 18.2 Å². The fourth-order valence-electron chi connectivity index (χ4n) is 1.77. The summed E-state index contributed by atoms with van der Waals surface area (Å²) in [4.78, 5) is 20.3. The van der Waals surface area contributed by atoms with Gasteiger partial charge >= 0.3 is 12.1 Å². The first-order valence-corrected chi connectivity index (χ1v) is 6.10. The van der Waals surface area contributed by atoms with Crippen LogP contribution in [0.2, 0.25) is 0 Å². The molecule has 0 spiro atoms. The number of halogens is 3. The summed E-state index contributed by atoms with van der Waals surface area (Å²) >= 11 is 0. The van der Waals surface area contributed by atoms with Gasteiger partial charge in [0, 0.05) is 19.2 Å². The van der Waals surface area contributed by atoms with Crippen molar-refractivity contribution in [1.29, 1.82) is 0 Å². The molecule has 1 heterocycles. The maximum Gasteiger partial charge on any atom is 0.490 e. The molecule has 0 aromatic heterocycles. The Hall–Kier alpha value is -2.09. The number of carboxylic acid groups (broad SMARTS) is 1. The molecule has 8 heteroatoms. The summed E-state index contributed by atoms with van der Waals surface area (Å²) in [5.74, 6) is -2.77. The number of benzene rings is 1. The molecule has 0 bridgehead atoms. The lowest BCUT2D eigenvalue weighted by Crippen LogP contribution is -2.25. The molecule has 0 radical (unpaired) electrons. The van der Waals surface area contributed by atoms with E-state index < -0.39 is 12.1 Å². The zero-order valence-corrected chi connectivity index (χ0v) is 11.3. The second-order valence-corrected chi connectivity index (χ2v) is 4.29. The number of carbonyl (C=O) groups is 2. The summed E-state index contributed by atoms with van der Waals surface area (Å²) < 4.78 is 31.7. The molecule has 0 unspecified atom stereocenters. The van der Waals surface area contributed by atoms with Crippen molar-refractivity contribution < 1.29 is 27.9 Å². The van der Waals surface area contributed by atoms with Gasteiger partial charge in [-0.05, 0) is 36.2 Å². The van der Waals surface area contributed by atoms with E-state index >= 15 is 0 Å². The number of aliphatic carboxylic acids is 1. The smallest absolute Gasteiger partial charge is 0.475 e. The normalized spacial score (nSPS) is 13.5. The second-order valence-electron chi connectivity index (χ2n) is 4.29. The standard InChI is InChI=1S/C11H14N2O.C2HF3O2/c1-12-11(14)9-3-2-8-4-5-13-7-10(8)6-9;3-2(4,5)1(6)7/h2-3,6,13H,4-5,7H2,1H3,(H,12,14);(H,6,7). The lowest BCUT2D eigenvalue weighted by Gasteiger charge is -2.17. The van der Waals surface area contributed by atoms with E-state index in [1.807, 2.05) is 12.1 Å². The highest BCUT2D eigenvalue weighted by Gasteiger charge is 2.38. The zero-order chi connectivity index (χ0) is 16.0. The van der Waals surface area contributed by atoms with E-state index in [1.165, 1.54) is 11.1 Å². The average molecular weight is 304 g/mol. The first-order valence-electron chi connectivity index (χ1n) is 6.10. The van der Waals surface area contributed by atoms with Crippen LogP contribution in [0, 0.1) is 0 Å². The predicted molar refractivity (Wildman–Crippen MR) is 68.9 cm³/mol. The van der Waals surface area contributed by atoms with Crippen molar-refractivity contribution in [2.45, 2.75) is 19.1 Å². The molecule has 0 atom stereocenters. The molecule has 0 fully saturated rings. The van der Waals surface area contributed by atoms with Crippen LogP contribution in [0.3, 0.4) is 0 Å². The highest BCUT2D eigenvalue weighted by molar-refractivity contribution is 5.94. The van der Waals surface area contributed by atoms with Crippen molar-refractivity contribution in [3.05, 3.63) is 34.9 Å². The number of hydrogen-bond acceptors (Lipinski definition) is 3. The van der Waals surface area contributed by atoms with Gasteiger partial charge in [-0.1, -0.05) is 6.07 Å². The minimum absolute atomic E-state index is 0.0154. The fraction of sp³-hybridized carbons (Fsp3) is 0.385. The molecule has 0 saturated heterocycles. The Morgan fingerprint density at radius 3 is 2.43 bits per heavy atom. The molecule has 1 aromatic rings. The molecule has 2 rings (SSSR count). The van der Waals surface area contributed by atoms with E-state index in [9.17, 15) is 18.0 Å². The predicted octanol–water partition coefficient (Wildman–Crippen LogP) is 1.33. The van der Waals surface area contributed by atoms with Crippen LogP contribution in [0.4, 0.5) is 13.2 Å². The van der Waals surface area contributed by atoms with Gasteiger partial charge in [-0.25, -0.2) is 4.79 Å². The van der Waals surface area contributed by atoms with Crippen LogP contribution in [-0.2, 0) is 17.8 Å². The van der Waals surface area contributed by atoms with Gasteiger partial charge < -0.3 is 15.7 Å². The summed E-state index contributed by atoms with van der Waals surface area (Å²) in [5.41, 5.74) is 3.35. The summed E-state index contributed by atoms with van der Waals surface area (Å²) in [5, 5.41) is 13.0. The number of nitrogens with one attached hydrogen (secondary N) is 2. The van der Waals surface area contributed by atoms with Crippen LogP contribution < -0.4 is 10.6 Å². The van der Waals surface area contributed by atoms with Crippen molar-refractivity contribution in [2.24, 2.45) is 0 Å². The molecular weight excluding hydrogens is 289 g/mol. The van der Waals surface area contributed by atoms with Crippen molar-refractivity contribution in [3.63, 3.8) is 0 Å². The van der Waals surface area contributed by atoms with E-state index in [0.29, 0.717) is 0 Å². The third-order valence-corrected chi connectivity index (χ3v) is 2.82. The Balaban J connectivity index is 0.000000270. The molecule has 116 valence electrons. The van der Waals surface area contributed by atoms with Gasteiger partial charge in [-0.15, -0.1) is 0 Å². The van der Waals surface area contributed by atoms with E-state index in [4.69, 9.17) is 9.90 Å². The average Bonchev–Trinajstić information content (AvgIpc) is 2.45. The van der Waals surface area contributed by atoms with Crippen LogP contribution in [0.1, 0.15) is 21.5 Å². The van der Waals surface area contributed by atoms with E-state index in [2.05, 4.69) is 16.7 Å². The molecule has 1 aliphatic heterocycles. The first kappa shape index (κ1) is 17.0. The number of carboxylic acids is 1. The Morgan fingerprint density at radius 1 is 1.29 bits per heavy atom. The topological polar surface area (TPSA) is 78.4 Å². The number of amides is 1. The van der Waals surface area contributed by atoms with Gasteiger partial charge in [0.05, 0.1) is 0 Å². The van der Waals surface area contributed by atoms with Gasteiger partial charge in [0.1, 0.15) is 0 Å². The van der Waals surface area contributed by atoms with Crippen LogP contribution in [0.25, 0.3) is 0 Å². The summed E-state index contributed by atoms with van der Waals surface area (Å²) in [6.07, 6.45) is -4.02. The first-order chi connectivity index (χ1) is 9.75. The second kappa shape index (κ2) is 7.07. The summed E-state index contributed by atoms with van der Waals surface area (Å²) in [6.45, 7) is 1.91. The SMILES string of the molecule is CNC(=O)c1ccc2c(c1)CNCC2.O=C(O)C(F)(F)F. The van der Waals surface area contributed by atoms with E-state index in [1.54, 1.807) is 7.05 Å². The number of carbonyl (C=O) groups excluding carboxylic acids is 1. The van der Waals surface area contributed by atoms with Crippen LogP contribution in [-0.4, -0.2) is 36.8 Å². The van der Waals surface area contributed by atoms with Crippen LogP contribution >= 0.6 is 0 Å². The monoisotopic (exact) mass is 304 g/mol. The zero-order valence-electron chi connectivity index (χ0n) is 11.3. The maximum atomic E-state index is 11.4. The maximum absolute atomic E-state index is 11.4. The van der Waals surface area contributed by atoms with Crippen molar-refractivity contribution in [2.75, 3.05) is 13.6 Å². The van der Waals surface area contributed by atoms with Crippen LogP contribution in [0.5, 0.6) is 0 Å². The van der Waals surface area contributed by atoms with Gasteiger partial charge in [0.15, 0.2) is 0 Å². The van der Waals surface area contributed by atoms with Crippen molar-refractivity contribution in [3.8, 4) is 0 Å². The molecule has 0 aliphatic carbocycles. The Labute approximate surface area is 119 Å². The molecule has 1 aliphatic rings. The highest BCUT2D eigenvalue weighted by atomic mass is 19.4. The number of hydrogen-bond donors (Lipinski definition) is 3. The summed E-state index contributed by atoms with van der Waals surface area (Å²) in [7, 11) is 1.65. The van der Waals surface area contributed by atoms with Gasteiger partial charge in [0.25, 0.3) is 5.91 Å². The lowest BCUT2D eigenvalue weighted by atomic mass is 9.98. The number of rotatable bonds is 1. The Kier molecular flexibility index (Phi) is 5.71. The Morgan fingerprint density at radius 2 is 1.90 bits per heavy atom. The molecule has 0 saturated carbocycles. The molecule has 1 aromatic carbocycles. The largest absolute Gasteiger partial charge is 0.490 e. The van der Waals surface area contributed by atoms with Crippen molar-refractivity contribution >= 4 is 11.9 Å². The molecule has 1 amide bonds. The summed E-state index contributed by atoms with van der Waals surface area (Å²) in [6, 6.07) is 5.92. The molecule has 3 N–H and O–H groups in total. The Bertz CT molecular complexity index is 530. The molecule has 21 heavy (non-hydrogen) atoms. The lowest BCUT2D eigenvalue weighted by molar-refractivity contribution is -0.192. The minimum Gasteiger partial charge on any atom is -0.475 e. The minimum atomic E-state index is -5.08. The van der Waals surface area contributed by atoms with E-state index in [-0.39, 0.29) is 5.91 Å². The third kappa shape index (κ3) is 5.07. The van der Waals surface area contributed by atoms with Gasteiger partial charge in [-0.2, -0.15) is 13.2 Å².